The summed E-state index contributed by atoms with van der Waals surface area (Å²) in [6.45, 7) is 7.99. The Labute approximate surface area is 155 Å². The van der Waals surface area contributed by atoms with Crippen molar-refractivity contribution in [3.05, 3.63) is 34.4 Å². The fourth-order valence-electron chi connectivity index (χ4n) is 4.87. The number of hydrogen-bond acceptors (Lipinski definition) is 3. The molecule has 26 heavy (non-hydrogen) atoms. The topological polar surface area (TPSA) is 63.2 Å². The van der Waals surface area contributed by atoms with Gasteiger partial charge in [0, 0.05) is 24.3 Å². The fourth-order valence-corrected chi connectivity index (χ4v) is 4.87. The zero-order valence-corrected chi connectivity index (χ0v) is 16.3. The molecule has 2 aliphatic rings. The first kappa shape index (κ1) is 18.8. The summed E-state index contributed by atoms with van der Waals surface area (Å²) in [4.78, 5) is 38.0. The van der Waals surface area contributed by atoms with Crippen LogP contribution in [0.1, 0.15) is 73.6 Å². The third-order valence-corrected chi connectivity index (χ3v) is 6.06. The van der Waals surface area contributed by atoms with E-state index in [1.807, 2.05) is 32.9 Å². The third kappa shape index (κ3) is 3.60. The van der Waals surface area contributed by atoms with Crippen LogP contribution in [0, 0.1) is 26.7 Å². The van der Waals surface area contributed by atoms with Gasteiger partial charge in [0.25, 0.3) is 0 Å². The molecular formula is C22H29NO3. The monoisotopic (exact) mass is 355 g/mol. The Morgan fingerprint density at radius 3 is 2.27 bits per heavy atom. The summed E-state index contributed by atoms with van der Waals surface area (Å²) >= 11 is 0. The Bertz CT molecular complexity index is 736. The maximum atomic E-state index is 13.0. The molecular weight excluding hydrogens is 326 g/mol. The molecule has 2 unspecified atom stereocenters. The van der Waals surface area contributed by atoms with E-state index in [0.29, 0.717) is 0 Å². The molecule has 2 atom stereocenters. The van der Waals surface area contributed by atoms with Gasteiger partial charge in [-0.3, -0.25) is 14.4 Å². The van der Waals surface area contributed by atoms with Crippen LogP contribution >= 0.6 is 0 Å². The number of carbonyl (C=O) groups excluding carboxylic acids is 3. The Balaban J connectivity index is 1.74. The summed E-state index contributed by atoms with van der Waals surface area (Å²) in [5.74, 6) is -1.42. The van der Waals surface area contributed by atoms with E-state index in [4.69, 9.17) is 0 Å². The molecule has 3 rings (SSSR count). The zero-order chi connectivity index (χ0) is 19.1. The molecule has 140 valence electrons. The molecule has 0 bridgehead atoms. The Morgan fingerprint density at radius 2 is 1.69 bits per heavy atom. The van der Waals surface area contributed by atoms with Crippen molar-refractivity contribution in [1.82, 2.24) is 5.32 Å². The molecule has 1 aromatic carbocycles. The van der Waals surface area contributed by atoms with Crippen LogP contribution in [0.2, 0.25) is 0 Å². The number of amides is 1. The van der Waals surface area contributed by atoms with E-state index >= 15 is 0 Å². The molecule has 0 saturated heterocycles. The lowest BCUT2D eigenvalue weighted by Crippen LogP contribution is -2.44. The summed E-state index contributed by atoms with van der Waals surface area (Å²) in [5, 5.41) is 3.10. The molecule has 2 aliphatic carbocycles. The predicted molar refractivity (Wildman–Crippen MR) is 101 cm³/mol. The average Bonchev–Trinajstić information content (AvgIpc) is 3.05. The van der Waals surface area contributed by atoms with Crippen LogP contribution in [0.3, 0.4) is 0 Å². The summed E-state index contributed by atoms with van der Waals surface area (Å²) < 4.78 is 0. The van der Waals surface area contributed by atoms with Crippen molar-refractivity contribution < 1.29 is 14.4 Å². The van der Waals surface area contributed by atoms with E-state index in [1.165, 1.54) is 0 Å². The normalized spacial score (nSPS) is 24.9. The standard InChI is InChI=1S/C22H29NO3/c1-13-9-14(2)19(15(3)10-13)20-17(24)11-16(21(20)26)12-18(25)23-22(4)7-5-6-8-22/h9-10,16,20H,5-8,11-12H2,1-4H3,(H,23,25). The van der Waals surface area contributed by atoms with Crippen LogP contribution in [0.5, 0.6) is 0 Å². The average molecular weight is 355 g/mol. The van der Waals surface area contributed by atoms with Crippen molar-refractivity contribution in [3.8, 4) is 0 Å². The Hall–Kier alpha value is -1.97. The van der Waals surface area contributed by atoms with Crippen LogP contribution in [0.4, 0.5) is 0 Å². The number of hydrogen-bond donors (Lipinski definition) is 1. The number of carbonyl (C=O) groups is 3. The molecule has 4 nitrogen and oxygen atoms in total. The first-order chi connectivity index (χ1) is 12.2. The minimum absolute atomic E-state index is 0.0464. The Kier molecular flexibility index (Phi) is 5.05. The SMILES string of the molecule is Cc1cc(C)c(C2C(=O)CC(CC(=O)NC3(C)CCCC3)C2=O)c(C)c1. The highest BCUT2D eigenvalue weighted by Crippen LogP contribution is 2.38. The predicted octanol–water partition coefficient (Wildman–Crippen LogP) is 3.69. The van der Waals surface area contributed by atoms with Crippen LogP contribution < -0.4 is 5.32 Å². The van der Waals surface area contributed by atoms with Crippen LogP contribution in [0.15, 0.2) is 12.1 Å². The number of rotatable bonds is 4. The second-order valence-electron chi connectivity index (χ2n) is 8.54. The van der Waals surface area contributed by atoms with Crippen molar-refractivity contribution in [2.24, 2.45) is 5.92 Å². The van der Waals surface area contributed by atoms with Gasteiger partial charge >= 0.3 is 0 Å². The van der Waals surface area contributed by atoms with Gasteiger partial charge in [-0.05, 0) is 57.2 Å². The maximum absolute atomic E-state index is 13.0. The highest BCUT2D eigenvalue weighted by Gasteiger charge is 2.44. The van der Waals surface area contributed by atoms with E-state index in [-0.39, 0.29) is 35.9 Å². The zero-order valence-electron chi connectivity index (χ0n) is 16.3. The molecule has 0 radical (unpaired) electrons. The molecule has 1 amide bonds. The van der Waals surface area contributed by atoms with Crippen LogP contribution in [-0.4, -0.2) is 23.0 Å². The van der Waals surface area contributed by atoms with Crippen molar-refractivity contribution in [2.75, 3.05) is 0 Å². The lowest BCUT2D eigenvalue weighted by Gasteiger charge is -2.26. The van der Waals surface area contributed by atoms with E-state index in [0.717, 1.165) is 47.9 Å². The number of Topliss-reactive ketones (excluding diaryl/α,β-unsaturated/α-hetero) is 2. The van der Waals surface area contributed by atoms with Crippen molar-refractivity contribution in [2.45, 2.75) is 77.7 Å². The molecule has 0 aromatic heterocycles. The molecule has 1 aromatic rings. The van der Waals surface area contributed by atoms with Gasteiger partial charge in [-0.25, -0.2) is 0 Å². The fraction of sp³-hybridized carbons (Fsp3) is 0.591. The quantitative estimate of drug-likeness (QED) is 0.838. The largest absolute Gasteiger partial charge is 0.351 e. The van der Waals surface area contributed by atoms with Crippen molar-refractivity contribution >= 4 is 17.5 Å². The minimum Gasteiger partial charge on any atom is -0.351 e. The first-order valence-electron chi connectivity index (χ1n) is 9.65. The second kappa shape index (κ2) is 6.98. The first-order valence-corrected chi connectivity index (χ1v) is 9.65. The van der Waals surface area contributed by atoms with Gasteiger partial charge in [-0.15, -0.1) is 0 Å². The van der Waals surface area contributed by atoms with Gasteiger partial charge in [-0.1, -0.05) is 30.5 Å². The van der Waals surface area contributed by atoms with Gasteiger partial charge in [0.05, 0.1) is 0 Å². The van der Waals surface area contributed by atoms with Gasteiger partial charge in [0.15, 0.2) is 5.78 Å². The van der Waals surface area contributed by atoms with E-state index in [2.05, 4.69) is 12.2 Å². The van der Waals surface area contributed by atoms with E-state index < -0.39 is 11.8 Å². The highest BCUT2D eigenvalue weighted by atomic mass is 16.2. The van der Waals surface area contributed by atoms with Crippen molar-refractivity contribution in [3.63, 3.8) is 0 Å². The Morgan fingerprint density at radius 1 is 1.12 bits per heavy atom. The lowest BCUT2D eigenvalue weighted by atomic mass is 9.86. The highest BCUT2D eigenvalue weighted by molar-refractivity contribution is 6.15. The maximum Gasteiger partial charge on any atom is 0.221 e. The van der Waals surface area contributed by atoms with Crippen LogP contribution in [0.25, 0.3) is 0 Å². The van der Waals surface area contributed by atoms with E-state index in [9.17, 15) is 14.4 Å². The van der Waals surface area contributed by atoms with Crippen molar-refractivity contribution in [1.29, 1.82) is 0 Å². The summed E-state index contributed by atoms with van der Waals surface area (Å²) in [6.07, 6.45) is 4.54. The van der Waals surface area contributed by atoms with Gasteiger partial charge in [0.2, 0.25) is 5.91 Å². The molecule has 0 heterocycles. The molecule has 1 N–H and O–H groups in total. The number of ketones is 2. The molecule has 0 aliphatic heterocycles. The molecule has 4 heteroatoms. The number of nitrogens with one attached hydrogen (secondary N) is 1. The van der Waals surface area contributed by atoms with Gasteiger partial charge < -0.3 is 5.32 Å². The summed E-state index contributed by atoms with van der Waals surface area (Å²) in [5.41, 5.74) is 3.79. The van der Waals surface area contributed by atoms with Crippen LogP contribution in [-0.2, 0) is 14.4 Å². The number of benzene rings is 1. The van der Waals surface area contributed by atoms with E-state index in [1.54, 1.807) is 0 Å². The minimum atomic E-state index is -0.699. The van der Waals surface area contributed by atoms with Gasteiger partial charge in [0.1, 0.15) is 11.7 Å². The summed E-state index contributed by atoms with van der Waals surface area (Å²) in [6, 6.07) is 4.04. The smallest absolute Gasteiger partial charge is 0.221 e. The third-order valence-electron chi connectivity index (χ3n) is 6.06. The lowest BCUT2D eigenvalue weighted by molar-refractivity contribution is -0.129. The number of aryl methyl sites for hydroxylation is 3. The molecule has 2 saturated carbocycles. The van der Waals surface area contributed by atoms with Gasteiger partial charge in [-0.2, -0.15) is 0 Å². The second-order valence-corrected chi connectivity index (χ2v) is 8.54. The summed E-state index contributed by atoms with van der Waals surface area (Å²) in [7, 11) is 0. The molecule has 0 spiro atoms. The molecule has 2 fully saturated rings.